The monoisotopic (exact) mass is 407 g/mol. The van der Waals surface area contributed by atoms with E-state index in [9.17, 15) is 22.4 Å². The summed E-state index contributed by atoms with van der Waals surface area (Å²) in [7, 11) is -2.10. The van der Waals surface area contributed by atoms with Crippen molar-refractivity contribution in [2.45, 2.75) is 17.7 Å². The molecule has 0 saturated carbocycles. The summed E-state index contributed by atoms with van der Waals surface area (Å²) in [5, 5.41) is 0. The minimum atomic E-state index is -4.36. The summed E-state index contributed by atoms with van der Waals surface area (Å²) >= 11 is 0. The van der Waals surface area contributed by atoms with E-state index in [1.807, 2.05) is 0 Å². The van der Waals surface area contributed by atoms with Gasteiger partial charge in [0, 0.05) is 6.54 Å². The number of benzene rings is 2. The molecule has 2 aromatic rings. The number of carbonyl (C=O) groups is 2. The van der Waals surface area contributed by atoms with Crippen LogP contribution >= 0.6 is 0 Å². The summed E-state index contributed by atoms with van der Waals surface area (Å²) < 4.78 is 51.5. The first-order chi connectivity index (χ1) is 13.3. The van der Waals surface area contributed by atoms with E-state index in [-0.39, 0.29) is 23.4 Å². The van der Waals surface area contributed by atoms with Gasteiger partial charge < -0.3 is 9.47 Å². The Kier molecular flexibility index (Phi) is 5.37. The lowest BCUT2D eigenvalue weighted by atomic mass is 10.0. The maximum atomic E-state index is 14.5. The maximum Gasteiger partial charge on any atom is 0.339 e. The van der Waals surface area contributed by atoms with Crippen molar-refractivity contribution in [2.75, 3.05) is 25.1 Å². The lowest BCUT2D eigenvalue weighted by Crippen LogP contribution is -2.37. The van der Waals surface area contributed by atoms with Gasteiger partial charge in [-0.1, -0.05) is 12.1 Å². The average Bonchev–Trinajstić information content (AvgIpc) is 2.71. The molecule has 3 rings (SSSR count). The molecule has 0 saturated heterocycles. The number of rotatable bonds is 4. The van der Waals surface area contributed by atoms with Crippen LogP contribution in [-0.2, 0) is 25.9 Å². The number of anilines is 1. The van der Waals surface area contributed by atoms with Crippen molar-refractivity contribution in [1.29, 1.82) is 0 Å². The number of esters is 2. The highest BCUT2D eigenvalue weighted by Gasteiger charge is 2.35. The van der Waals surface area contributed by atoms with Crippen LogP contribution < -0.4 is 4.31 Å². The fourth-order valence-electron chi connectivity index (χ4n) is 3.18. The van der Waals surface area contributed by atoms with Crippen LogP contribution in [0.15, 0.2) is 41.3 Å². The number of halogens is 1. The Morgan fingerprint density at radius 1 is 1.07 bits per heavy atom. The number of hydrogen-bond acceptors (Lipinski definition) is 6. The van der Waals surface area contributed by atoms with Gasteiger partial charge in [-0.25, -0.2) is 22.4 Å². The summed E-state index contributed by atoms with van der Waals surface area (Å²) in [6, 6.07) is 7.84. The fourth-order valence-corrected chi connectivity index (χ4v) is 4.94. The molecule has 0 amide bonds. The lowest BCUT2D eigenvalue weighted by Gasteiger charge is -2.31. The molecular weight excluding hydrogens is 389 g/mol. The molecule has 0 atom stereocenters. The molecule has 1 aliphatic heterocycles. The summed E-state index contributed by atoms with van der Waals surface area (Å²) in [5.41, 5.74) is 0.199. The number of carbonyl (C=O) groups excluding carboxylic acids is 2. The number of fused-ring (bicyclic) bond motifs is 1. The number of hydrogen-bond donors (Lipinski definition) is 0. The molecule has 148 valence electrons. The van der Waals surface area contributed by atoms with Gasteiger partial charge in [0.05, 0.1) is 31.0 Å². The molecule has 0 spiro atoms. The molecule has 0 bridgehead atoms. The van der Waals surface area contributed by atoms with Gasteiger partial charge in [-0.05, 0) is 42.7 Å². The number of para-hydroxylation sites is 1. The molecule has 7 nitrogen and oxygen atoms in total. The van der Waals surface area contributed by atoms with Crippen molar-refractivity contribution in [3.05, 3.63) is 58.9 Å². The van der Waals surface area contributed by atoms with Gasteiger partial charge in [0.15, 0.2) is 0 Å². The number of methoxy groups -OCH3 is 2. The highest BCUT2D eigenvalue weighted by molar-refractivity contribution is 7.93. The molecule has 0 aromatic heterocycles. The number of aryl methyl sites for hydroxylation is 1. The Balaban J connectivity index is 2.22. The Bertz CT molecular complexity index is 1050. The molecule has 0 radical (unpaired) electrons. The Morgan fingerprint density at radius 3 is 2.46 bits per heavy atom. The molecule has 0 fully saturated rings. The first-order valence-corrected chi connectivity index (χ1v) is 9.86. The third-order valence-electron chi connectivity index (χ3n) is 4.50. The van der Waals surface area contributed by atoms with Crippen molar-refractivity contribution >= 4 is 27.6 Å². The van der Waals surface area contributed by atoms with Crippen LogP contribution in [0, 0.1) is 5.82 Å². The van der Waals surface area contributed by atoms with E-state index >= 15 is 0 Å². The standard InChI is InChI=1S/C19H18FNO6S/c1-26-18(22)13-8-9-14(19(23)27-2)16(11-13)28(24,25)21-10-4-6-12-5-3-7-15(20)17(12)21/h3,5,7-9,11H,4,6,10H2,1-2H3. The van der Waals surface area contributed by atoms with Gasteiger partial charge in [0.1, 0.15) is 10.7 Å². The van der Waals surface area contributed by atoms with Crippen LogP contribution in [0.3, 0.4) is 0 Å². The summed E-state index contributed by atoms with van der Waals surface area (Å²) in [6.07, 6.45) is 1.02. The van der Waals surface area contributed by atoms with Gasteiger partial charge in [-0.3, -0.25) is 4.31 Å². The second-order valence-corrected chi connectivity index (χ2v) is 7.95. The molecule has 28 heavy (non-hydrogen) atoms. The molecule has 0 N–H and O–H groups in total. The van der Waals surface area contributed by atoms with E-state index < -0.39 is 32.7 Å². The number of nitrogens with zero attached hydrogens (tertiary/aromatic N) is 1. The number of ether oxygens (including phenoxy) is 2. The van der Waals surface area contributed by atoms with Gasteiger partial charge in [0.2, 0.25) is 0 Å². The Labute approximate surface area is 161 Å². The van der Waals surface area contributed by atoms with Crippen LogP contribution in [-0.4, -0.2) is 41.1 Å². The van der Waals surface area contributed by atoms with Crippen molar-refractivity contribution in [2.24, 2.45) is 0 Å². The average molecular weight is 407 g/mol. The molecule has 2 aromatic carbocycles. The summed E-state index contributed by atoms with van der Waals surface area (Å²) in [4.78, 5) is 23.6. The summed E-state index contributed by atoms with van der Waals surface area (Å²) in [6.45, 7) is 0.0410. The smallest absolute Gasteiger partial charge is 0.339 e. The maximum absolute atomic E-state index is 14.5. The van der Waals surface area contributed by atoms with E-state index in [1.165, 1.54) is 24.3 Å². The molecular formula is C19H18FNO6S. The zero-order chi connectivity index (χ0) is 20.5. The van der Waals surface area contributed by atoms with Crippen LogP contribution in [0.25, 0.3) is 0 Å². The lowest BCUT2D eigenvalue weighted by molar-refractivity contribution is 0.0583. The SMILES string of the molecule is COC(=O)c1ccc(C(=O)OC)c(S(=O)(=O)N2CCCc3cccc(F)c32)c1. The van der Waals surface area contributed by atoms with E-state index in [4.69, 9.17) is 0 Å². The second kappa shape index (κ2) is 7.59. The Morgan fingerprint density at radius 2 is 1.79 bits per heavy atom. The third kappa shape index (κ3) is 3.33. The minimum absolute atomic E-state index is 0.0410. The van der Waals surface area contributed by atoms with Crippen molar-refractivity contribution in [3.8, 4) is 0 Å². The third-order valence-corrected chi connectivity index (χ3v) is 6.34. The van der Waals surface area contributed by atoms with Crippen LogP contribution in [0.2, 0.25) is 0 Å². The second-order valence-electron chi connectivity index (χ2n) is 6.12. The first-order valence-electron chi connectivity index (χ1n) is 8.42. The predicted molar refractivity (Wildman–Crippen MR) is 98.4 cm³/mol. The molecule has 1 heterocycles. The largest absolute Gasteiger partial charge is 0.465 e. The van der Waals surface area contributed by atoms with Crippen molar-refractivity contribution in [1.82, 2.24) is 0 Å². The van der Waals surface area contributed by atoms with E-state index in [2.05, 4.69) is 9.47 Å². The van der Waals surface area contributed by atoms with Gasteiger partial charge >= 0.3 is 11.9 Å². The summed E-state index contributed by atoms with van der Waals surface area (Å²) in [5.74, 6) is -2.33. The molecule has 0 aliphatic carbocycles. The molecule has 0 unspecified atom stereocenters. The van der Waals surface area contributed by atoms with E-state index in [1.54, 1.807) is 6.07 Å². The molecule has 1 aliphatic rings. The predicted octanol–water partition coefficient (Wildman–Crippen LogP) is 2.54. The van der Waals surface area contributed by atoms with Crippen molar-refractivity contribution < 1.29 is 31.9 Å². The van der Waals surface area contributed by atoms with Crippen LogP contribution in [0.4, 0.5) is 10.1 Å². The highest BCUT2D eigenvalue weighted by Crippen LogP contribution is 2.35. The van der Waals surface area contributed by atoms with Crippen LogP contribution in [0.5, 0.6) is 0 Å². The van der Waals surface area contributed by atoms with Gasteiger partial charge in [-0.15, -0.1) is 0 Å². The quantitative estimate of drug-likeness (QED) is 0.724. The van der Waals surface area contributed by atoms with Gasteiger partial charge in [0.25, 0.3) is 10.0 Å². The number of sulfonamides is 1. The zero-order valence-electron chi connectivity index (χ0n) is 15.3. The fraction of sp³-hybridized carbons (Fsp3) is 0.263. The molecule has 9 heteroatoms. The first kappa shape index (κ1) is 19.8. The topological polar surface area (TPSA) is 90.0 Å². The minimum Gasteiger partial charge on any atom is -0.465 e. The van der Waals surface area contributed by atoms with Crippen molar-refractivity contribution in [3.63, 3.8) is 0 Å². The van der Waals surface area contributed by atoms with Gasteiger partial charge in [-0.2, -0.15) is 0 Å². The normalized spacial score (nSPS) is 13.6. The van der Waals surface area contributed by atoms with Crippen LogP contribution in [0.1, 0.15) is 32.7 Å². The van der Waals surface area contributed by atoms with E-state index in [0.29, 0.717) is 18.4 Å². The van der Waals surface area contributed by atoms with E-state index in [0.717, 1.165) is 24.6 Å². The highest BCUT2D eigenvalue weighted by atomic mass is 32.2. The Hall–Kier alpha value is -2.94. The zero-order valence-corrected chi connectivity index (χ0v) is 16.1.